The van der Waals surface area contributed by atoms with E-state index in [0.717, 1.165) is 45.0 Å². The van der Waals surface area contributed by atoms with Crippen molar-refractivity contribution in [1.82, 2.24) is 20.2 Å². The van der Waals surface area contributed by atoms with Crippen LogP contribution in [0.5, 0.6) is 0 Å². The molecule has 0 bridgehead atoms. The van der Waals surface area contributed by atoms with Gasteiger partial charge in [0.25, 0.3) is 5.91 Å². The van der Waals surface area contributed by atoms with Crippen LogP contribution in [0, 0.1) is 0 Å². The summed E-state index contributed by atoms with van der Waals surface area (Å²) < 4.78 is 0. The molecule has 1 aromatic heterocycles. The van der Waals surface area contributed by atoms with Crippen molar-refractivity contribution in [3.8, 4) is 0 Å². The number of piperazine rings is 1. The summed E-state index contributed by atoms with van der Waals surface area (Å²) in [7, 11) is 0. The SMILES string of the molecule is CCCNC(=O)c1cc(N2CCN(Cc3ccccc3)CC2)ncn1. The summed E-state index contributed by atoms with van der Waals surface area (Å²) in [5.74, 6) is 0.698. The van der Waals surface area contributed by atoms with Gasteiger partial charge in [-0.15, -0.1) is 0 Å². The monoisotopic (exact) mass is 339 g/mol. The van der Waals surface area contributed by atoms with Gasteiger partial charge in [-0.1, -0.05) is 37.3 Å². The minimum atomic E-state index is -0.131. The number of aromatic nitrogens is 2. The van der Waals surface area contributed by atoms with Crippen LogP contribution in [0.3, 0.4) is 0 Å². The third-order valence-electron chi connectivity index (χ3n) is 4.37. The Morgan fingerprint density at radius 2 is 1.88 bits per heavy atom. The van der Waals surface area contributed by atoms with Crippen molar-refractivity contribution < 1.29 is 4.79 Å². The molecule has 6 nitrogen and oxygen atoms in total. The highest BCUT2D eigenvalue weighted by molar-refractivity contribution is 5.92. The van der Waals surface area contributed by atoms with Crippen LogP contribution in [-0.2, 0) is 6.54 Å². The molecule has 1 amide bonds. The molecule has 0 saturated carbocycles. The van der Waals surface area contributed by atoms with Crippen molar-refractivity contribution in [2.24, 2.45) is 0 Å². The fraction of sp³-hybridized carbons (Fsp3) is 0.421. The van der Waals surface area contributed by atoms with Gasteiger partial charge in [0.05, 0.1) is 0 Å². The predicted octanol–water partition coefficient (Wildman–Crippen LogP) is 1.94. The molecule has 0 unspecified atom stereocenters. The standard InChI is InChI=1S/C19H25N5O/c1-2-8-20-19(25)17-13-18(22-15-21-17)24-11-9-23(10-12-24)14-16-6-4-3-5-7-16/h3-7,13,15H,2,8-12,14H2,1H3,(H,20,25). The highest BCUT2D eigenvalue weighted by Gasteiger charge is 2.19. The van der Waals surface area contributed by atoms with Crippen molar-refractivity contribution in [2.45, 2.75) is 19.9 Å². The van der Waals surface area contributed by atoms with E-state index >= 15 is 0 Å². The lowest BCUT2D eigenvalue weighted by molar-refractivity contribution is 0.0948. The Morgan fingerprint density at radius 3 is 2.60 bits per heavy atom. The van der Waals surface area contributed by atoms with Crippen molar-refractivity contribution in [3.05, 3.63) is 54.0 Å². The number of rotatable bonds is 6. The molecule has 1 fully saturated rings. The Labute approximate surface area is 148 Å². The van der Waals surface area contributed by atoms with Crippen LogP contribution in [0.4, 0.5) is 5.82 Å². The molecule has 0 spiro atoms. The van der Waals surface area contributed by atoms with E-state index in [0.29, 0.717) is 12.2 Å². The largest absolute Gasteiger partial charge is 0.354 e. The van der Waals surface area contributed by atoms with E-state index < -0.39 is 0 Å². The Kier molecular flexibility index (Phi) is 5.95. The summed E-state index contributed by atoms with van der Waals surface area (Å²) in [6.45, 7) is 7.44. The van der Waals surface area contributed by atoms with Crippen molar-refractivity contribution >= 4 is 11.7 Å². The van der Waals surface area contributed by atoms with Gasteiger partial charge in [-0.25, -0.2) is 9.97 Å². The quantitative estimate of drug-likeness (QED) is 0.871. The number of amides is 1. The lowest BCUT2D eigenvalue weighted by Crippen LogP contribution is -2.46. The molecule has 2 aromatic rings. The maximum atomic E-state index is 12.1. The van der Waals surface area contributed by atoms with Gasteiger partial charge >= 0.3 is 0 Å². The molecule has 1 saturated heterocycles. The number of hydrogen-bond acceptors (Lipinski definition) is 5. The van der Waals surface area contributed by atoms with Gasteiger partial charge < -0.3 is 10.2 Å². The number of nitrogens with one attached hydrogen (secondary N) is 1. The van der Waals surface area contributed by atoms with Gasteiger partial charge in [0, 0.05) is 45.3 Å². The van der Waals surface area contributed by atoms with Gasteiger partial charge in [-0.05, 0) is 12.0 Å². The van der Waals surface area contributed by atoms with Crippen molar-refractivity contribution in [2.75, 3.05) is 37.6 Å². The molecule has 0 atom stereocenters. The number of anilines is 1. The molecule has 1 N–H and O–H groups in total. The van der Waals surface area contributed by atoms with Gasteiger partial charge in [0.2, 0.25) is 0 Å². The summed E-state index contributed by atoms with van der Waals surface area (Å²) in [5, 5.41) is 2.86. The van der Waals surface area contributed by atoms with E-state index in [1.54, 1.807) is 6.07 Å². The van der Waals surface area contributed by atoms with Gasteiger partial charge in [-0.3, -0.25) is 9.69 Å². The molecule has 2 heterocycles. The predicted molar refractivity (Wildman–Crippen MR) is 98.6 cm³/mol. The minimum absolute atomic E-state index is 0.131. The topological polar surface area (TPSA) is 61.4 Å². The number of hydrogen-bond donors (Lipinski definition) is 1. The Hall–Kier alpha value is -2.47. The third-order valence-corrected chi connectivity index (χ3v) is 4.37. The van der Waals surface area contributed by atoms with Crippen LogP contribution >= 0.6 is 0 Å². The first-order chi connectivity index (χ1) is 12.3. The van der Waals surface area contributed by atoms with Crippen molar-refractivity contribution in [1.29, 1.82) is 0 Å². The molecule has 1 aromatic carbocycles. The maximum Gasteiger partial charge on any atom is 0.270 e. The van der Waals surface area contributed by atoms with Crippen LogP contribution < -0.4 is 10.2 Å². The molecule has 1 aliphatic heterocycles. The van der Waals surface area contributed by atoms with Crippen LogP contribution in [0.2, 0.25) is 0 Å². The Bertz CT molecular complexity index is 683. The van der Waals surface area contributed by atoms with E-state index in [1.165, 1.54) is 11.9 Å². The smallest absolute Gasteiger partial charge is 0.270 e. The Morgan fingerprint density at radius 1 is 1.12 bits per heavy atom. The average Bonchev–Trinajstić information content (AvgIpc) is 2.67. The molecular weight excluding hydrogens is 314 g/mol. The lowest BCUT2D eigenvalue weighted by atomic mass is 10.2. The molecule has 0 radical (unpaired) electrons. The molecule has 6 heteroatoms. The van der Waals surface area contributed by atoms with Gasteiger partial charge in [0.1, 0.15) is 17.8 Å². The second kappa shape index (κ2) is 8.58. The highest BCUT2D eigenvalue weighted by atomic mass is 16.1. The Balaban J connectivity index is 1.56. The van der Waals surface area contributed by atoms with E-state index in [2.05, 4.69) is 49.4 Å². The molecule has 1 aliphatic rings. The average molecular weight is 339 g/mol. The molecule has 132 valence electrons. The third kappa shape index (κ3) is 4.76. The first kappa shape index (κ1) is 17.4. The van der Waals surface area contributed by atoms with Gasteiger partial charge in [0.15, 0.2) is 0 Å². The first-order valence-electron chi connectivity index (χ1n) is 8.87. The second-order valence-corrected chi connectivity index (χ2v) is 6.27. The maximum absolute atomic E-state index is 12.1. The lowest BCUT2D eigenvalue weighted by Gasteiger charge is -2.35. The molecule has 25 heavy (non-hydrogen) atoms. The molecule has 3 rings (SSSR count). The number of carbonyl (C=O) groups is 1. The zero-order valence-electron chi connectivity index (χ0n) is 14.7. The minimum Gasteiger partial charge on any atom is -0.354 e. The van der Waals surface area contributed by atoms with Crippen LogP contribution in [0.25, 0.3) is 0 Å². The summed E-state index contributed by atoms with van der Waals surface area (Å²) in [6, 6.07) is 12.3. The van der Waals surface area contributed by atoms with E-state index in [-0.39, 0.29) is 5.91 Å². The van der Waals surface area contributed by atoms with E-state index in [9.17, 15) is 4.79 Å². The van der Waals surface area contributed by atoms with Crippen LogP contribution in [0.1, 0.15) is 29.4 Å². The fourth-order valence-corrected chi connectivity index (χ4v) is 2.95. The molecule has 0 aliphatic carbocycles. The summed E-state index contributed by atoms with van der Waals surface area (Å²) in [5.41, 5.74) is 1.78. The van der Waals surface area contributed by atoms with Crippen molar-refractivity contribution in [3.63, 3.8) is 0 Å². The van der Waals surface area contributed by atoms with E-state index in [1.807, 2.05) is 13.0 Å². The highest BCUT2D eigenvalue weighted by Crippen LogP contribution is 2.15. The fourth-order valence-electron chi connectivity index (χ4n) is 2.95. The summed E-state index contributed by atoms with van der Waals surface area (Å²) in [4.78, 5) is 25.2. The van der Waals surface area contributed by atoms with Crippen LogP contribution in [0.15, 0.2) is 42.7 Å². The zero-order chi connectivity index (χ0) is 17.5. The zero-order valence-corrected chi connectivity index (χ0v) is 14.7. The first-order valence-corrected chi connectivity index (χ1v) is 8.87. The second-order valence-electron chi connectivity index (χ2n) is 6.27. The van der Waals surface area contributed by atoms with Gasteiger partial charge in [-0.2, -0.15) is 0 Å². The number of nitrogens with zero attached hydrogens (tertiary/aromatic N) is 4. The normalized spacial score (nSPS) is 15.2. The molecular formula is C19H25N5O. The van der Waals surface area contributed by atoms with Crippen LogP contribution in [-0.4, -0.2) is 53.5 Å². The summed E-state index contributed by atoms with van der Waals surface area (Å²) in [6.07, 6.45) is 2.39. The number of benzene rings is 1. The summed E-state index contributed by atoms with van der Waals surface area (Å²) >= 11 is 0. The van der Waals surface area contributed by atoms with E-state index in [4.69, 9.17) is 0 Å². The number of carbonyl (C=O) groups excluding carboxylic acids is 1.